The summed E-state index contributed by atoms with van der Waals surface area (Å²) in [4.78, 5) is 0. The first-order chi connectivity index (χ1) is 7.72. The lowest BCUT2D eigenvalue weighted by atomic mass is 10.2. The van der Waals surface area contributed by atoms with E-state index >= 15 is 0 Å². The van der Waals surface area contributed by atoms with E-state index in [4.69, 9.17) is 9.76 Å². The fourth-order valence-electron chi connectivity index (χ4n) is 1.27. The Morgan fingerprint density at radius 2 is 1.88 bits per heavy atom. The van der Waals surface area contributed by atoms with Crippen LogP contribution in [0.5, 0.6) is 11.5 Å². The second kappa shape index (κ2) is 4.70. The number of benzene rings is 1. The zero-order valence-electron chi connectivity index (χ0n) is 8.45. The van der Waals surface area contributed by atoms with Gasteiger partial charge >= 0.3 is 7.69 Å². The van der Waals surface area contributed by atoms with Crippen LogP contribution in [0.4, 0.5) is 8.78 Å². The third-order valence-electron chi connectivity index (χ3n) is 2.36. The largest absolute Gasteiger partial charge is 0.569 e. The molecular formula is C10H10BF2O3. The van der Waals surface area contributed by atoms with Crippen LogP contribution in [0, 0.1) is 17.6 Å². The average molecular weight is 227 g/mol. The van der Waals surface area contributed by atoms with Crippen LogP contribution in [0.15, 0.2) is 12.1 Å². The Hall–Kier alpha value is -1.30. The van der Waals surface area contributed by atoms with E-state index < -0.39 is 11.6 Å². The van der Waals surface area contributed by atoms with Crippen molar-refractivity contribution in [1.82, 2.24) is 0 Å². The fraction of sp³-hybridized carbons (Fsp3) is 0.400. The van der Waals surface area contributed by atoms with Gasteiger partial charge in [-0.15, -0.1) is 0 Å². The maximum absolute atomic E-state index is 13.4. The first kappa shape index (κ1) is 11.2. The van der Waals surface area contributed by atoms with Gasteiger partial charge in [0.2, 0.25) is 11.6 Å². The van der Waals surface area contributed by atoms with E-state index in [1.807, 2.05) is 0 Å². The van der Waals surface area contributed by atoms with Crippen LogP contribution < -0.4 is 9.39 Å². The molecule has 2 rings (SSSR count). The lowest BCUT2D eigenvalue weighted by Crippen LogP contribution is -2.06. The molecule has 0 unspecified atom stereocenters. The highest BCUT2D eigenvalue weighted by Crippen LogP contribution is 2.32. The molecule has 0 aromatic heterocycles. The lowest BCUT2D eigenvalue weighted by molar-refractivity contribution is 0.278. The van der Waals surface area contributed by atoms with Crippen LogP contribution in [0.25, 0.3) is 0 Å². The molecule has 0 aliphatic heterocycles. The Morgan fingerprint density at radius 1 is 1.25 bits per heavy atom. The second-order valence-electron chi connectivity index (χ2n) is 3.67. The molecule has 1 saturated carbocycles. The number of hydrogen-bond acceptors (Lipinski definition) is 3. The smallest absolute Gasteiger partial charge is 0.535 e. The van der Waals surface area contributed by atoms with Crippen molar-refractivity contribution in [2.24, 2.45) is 5.92 Å². The molecule has 0 amide bonds. The zero-order valence-corrected chi connectivity index (χ0v) is 8.45. The van der Waals surface area contributed by atoms with E-state index in [9.17, 15) is 8.78 Å². The summed E-state index contributed by atoms with van der Waals surface area (Å²) in [6, 6.07) is 2.48. The van der Waals surface area contributed by atoms with Crippen molar-refractivity contribution in [3.8, 4) is 11.5 Å². The molecule has 0 saturated heterocycles. The van der Waals surface area contributed by atoms with Crippen molar-refractivity contribution < 1.29 is 23.2 Å². The summed E-state index contributed by atoms with van der Waals surface area (Å²) in [5.74, 6) is -2.31. The standard InChI is InChI=1S/C10H10BF2O3/c12-9-7(15-5-6-1-2-6)3-4-8(10(9)13)16-11-14/h3-4,6,14H,1-2,5H2. The van der Waals surface area contributed by atoms with Gasteiger partial charge in [-0.25, -0.2) is 0 Å². The van der Waals surface area contributed by atoms with Gasteiger partial charge in [0, 0.05) is 0 Å². The maximum atomic E-state index is 13.4. The van der Waals surface area contributed by atoms with E-state index in [1.165, 1.54) is 12.1 Å². The van der Waals surface area contributed by atoms with Crippen LogP contribution in [-0.4, -0.2) is 19.3 Å². The summed E-state index contributed by atoms with van der Waals surface area (Å²) < 4.78 is 36.2. The molecule has 6 heteroatoms. The first-order valence-corrected chi connectivity index (χ1v) is 4.95. The number of halogens is 2. The average Bonchev–Trinajstić information content (AvgIpc) is 3.08. The lowest BCUT2D eigenvalue weighted by Gasteiger charge is -2.09. The monoisotopic (exact) mass is 227 g/mol. The molecule has 0 atom stereocenters. The Bertz CT molecular complexity index is 383. The van der Waals surface area contributed by atoms with Crippen molar-refractivity contribution in [2.75, 3.05) is 6.61 Å². The number of rotatable bonds is 5. The molecule has 1 fully saturated rings. The maximum Gasteiger partial charge on any atom is 0.569 e. The molecular weight excluding hydrogens is 217 g/mol. The zero-order chi connectivity index (χ0) is 11.5. The van der Waals surface area contributed by atoms with Gasteiger partial charge in [0.1, 0.15) is 5.75 Å². The van der Waals surface area contributed by atoms with Gasteiger partial charge in [0.15, 0.2) is 5.75 Å². The highest BCUT2D eigenvalue weighted by molar-refractivity contribution is 6.17. The minimum atomic E-state index is -1.17. The van der Waals surface area contributed by atoms with Gasteiger partial charge < -0.3 is 14.4 Å². The van der Waals surface area contributed by atoms with E-state index in [1.54, 1.807) is 0 Å². The van der Waals surface area contributed by atoms with Crippen molar-refractivity contribution in [1.29, 1.82) is 0 Å². The number of ether oxygens (including phenoxy) is 1. The Balaban J connectivity index is 2.09. The molecule has 3 nitrogen and oxygen atoms in total. The highest BCUT2D eigenvalue weighted by atomic mass is 19.2. The second-order valence-corrected chi connectivity index (χ2v) is 3.67. The summed E-state index contributed by atoms with van der Waals surface area (Å²) in [5, 5.41) is 8.32. The summed E-state index contributed by atoms with van der Waals surface area (Å²) in [5.41, 5.74) is 0. The molecule has 1 aromatic rings. The van der Waals surface area contributed by atoms with Gasteiger partial charge in [0.05, 0.1) is 6.61 Å². The molecule has 1 aliphatic rings. The quantitative estimate of drug-likeness (QED) is 0.777. The third-order valence-corrected chi connectivity index (χ3v) is 2.36. The summed E-state index contributed by atoms with van der Waals surface area (Å²) in [6.45, 7) is 0.405. The Labute approximate surface area is 92.3 Å². The summed E-state index contributed by atoms with van der Waals surface area (Å²) in [7, 11) is 0.294. The van der Waals surface area contributed by atoms with E-state index in [0.717, 1.165) is 12.8 Å². The van der Waals surface area contributed by atoms with Gasteiger partial charge in [-0.05, 0) is 30.9 Å². The van der Waals surface area contributed by atoms with Gasteiger partial charge in [-0.2, -0.15) is 8.78 Å². The van der Waals surface area contributed by atoms with Crippen molar-refractivity contribution in [2.45, 2.75) is 12.8 Å². The Morgan fingerprint density at radius 3 is 2.50 bits per heavy atom. The van der Waals surface area contributed by atoms with Gasteiger partial charge in [0.25, 0.3) is 0 Å². The molecule has 85 valence electrons. The molecule has 0 spiro atoms. The van der Waals surface area contributed by atoms with Crippen molar-refractivity contribution in [3.05, 3.63) is 23.8 Å². The van der Waals surface area contributed by atoms with Gasteiger partial charge in [-0.3, -0.25) is 0 Å². The van der Waals surface area contributed by atoms with E-state index in [2.05, 4.69) is 4.65 Å². The molecule has 0 bridgehead atoms. The third kappa shape index (κ3) is 2.44. The minimum Gasteiger partial charge on any atom is -0.535 e. The van der Waals surface area contributed by atoms with E-state index in [0.29, 0.717) is 20.2 Å². The number of hydrogen-bond donors (Lipinski definition) is 1. The van der Waals surface area contributed by atoms with E-state index in [-0.39, 0.29) is 11.5 Å². The molecule has 1 N–H and O–H groups in total. The minimum absolute atomic E-state index is 0.130. The summed E-state index contributed by atoms with van der Waals surface area (Å²) >= 11 is 0. The predicted octanol–water partition coefficient (Wildman–Crippen LogP) is 1.66. The molecule has 1 aromatic carbocycles. The predicted molar refractivity (Wildman–Crippen MR) is 53.2 cm³/mol. The van der Waals surface area contributed by atoms with Crippen LogP contribution in [-0.2, 0) is 0 Å². The summed E-state index contributed by atoms with van der Waals surface area (Å²) in [6.07, 6.45) is 2.15. The SMILES string of the molecule is O[B]Oc1ccc(OCC2CC2)c(F)c1F. The molecule has 1 radical (unpaired) electrons. The molecule has 1 aliphatic carbocycles. The van der Waals surface area contributed by atoms with Crippen LogP contribution in [0.3, 0.4) is 0 Å². The Kier molecular flexibility index (Phi) is 3.29. The van der Waals surface area contributed by atoms with Crippen LogP contribution in [0.2, 0.25) is 0 Å². The normalized spacial score (nSPS) is 14.7. The van der Waals surface area contributed by atoms with Crippen molar-refractivity contribution in [3.63, 3.8) is 0 Å². The van der Waals surface area contributed by atoms with Gasteiger partial charge in [-0.1, -0.05) is 0 Å². The highest BCUT2D eigenvalue weighted by Gasteiger charge is 2.23. The first-order valence-electron chi connectivity index (χ1n) is 4.95. The van der Waals surface area contributed by atoms with Crippen LogP contribution >= 0.6 is 0 Å². The molecule has 0 heterocycles. The fourth-order valence-corrected chi connectivity index (χ4v) is 1.27. The molecule has 16 heavy (non-hydrogen) atoms. The van der Waals surface area contributed by atoms with Crippen LogP contribution in [0.1, 0.15) is 12.8 Å². The van der Waals surface area contributed by atoms with Crippen molar-refractivity contribution >= 4 is 7.69 Å². The topological polar surface area (TPSA) is 38.7 Å².